The minimum absolute atomic E-state index is 0.516. The molecule has 0 aliphatic rings. The molecule has 0 amide bonds. The van der Waals surface area contributed by atoms with Crippen molar-refractivity contribution >= 4 is 11.8 Å². The van der Waals surface area contributed by atoms with Crippen LogP contribution in [0.25, 0.3) is 22.6 Å². The summed E-state index contributed by atoms with van der Waals surface area (Å²) in [7, 11) is 0. The summed E-state index contributed by atoms with van der Waals surface area (Å²) >= 11 is 1.51. The Bertz CT molecular complexity index is 1140. The number of benzene rings is 2. The summed E-state index contributed by atoms with van der Waals surface area (Å²) in [5.74, 6) is 2.96. The Balaban J connectivity index is 1.38. The molecule has 0 N–H and O–H groups in total. The molecule has 0 spiro atoms. The van der Waals surface area contributed by atoms with E-state index in [2.05, 4.69) is 58.5 Å². The first-order chi connectivity index (χ1) is 15.6. The Labute approximate surface area is 192 Å². The van der Waals surface area contributed by atoms with Crippen LogP contribution >= 0.6 is 11.8 Å². The lowest BCUT2D eigenvalue weighted by molar-refractivity contribution is 0.341. The first kappa shape index (κ1) is 22.0. The van der Waals surface area contributed by atoms with Gasteiger partial charge in [-0.15, -0.1) is 10.2 Å². The van der Waals surface area contributed by atoms with Gasteiger partial charge in [0.2, 0.25) is 11.7 Å². The number of ether oxygens (including phenoxy) is 1. The summed E-state index contributed by atoms with van der Waals surface area (Å²) in [5.41, 5.74) is 4.08. The van der Waals surface area contributed by atoms with Gasteiger partial charge in [0.1, 0.15) is 10.8 Å². The Morgan fingerprint density at radius 1 is 0.969 bits per heavy atom. The van der Waals surface area contributed by atoms with Gasteiger partial charge >= 0.3 is 0 Å². The van der Waals surface area contributed by atoms with E-state index < -0.39 is 0 Å². The van der Waals surface area contributed by atoms with Crippen molar-refractivity contribution in [1.29, 1.82) is 0 Å². The quantitative estimate of drug-likeness (QED) is 0.288. The number of hydrogen-bond acceptors (Lipinski definition) is 7. The number of nitrogens with zero attached hydrogens (tertiary/aromatic N) is 4. The summed E-state index contributed by atoms with van der Waals surface area (Å²) in [6.07, 6.45) is 1.08. The predicted molar refractivity (Wildman–Crippen MR) is 126 cm³/mol. The third-order valence-electron chi connectivity index (χ3n) is 4.77. The lowest BCUT2D eigenvalue weighted by Gasteiger charge is -2.06. The van der Waals surface area contributed by atoms with E-state index >= 15 is 0 Å². The maximum Gasteiger partial charge on any atom is 0.237 e. The molecular weight excluding hydrogens is 420 g/mol. The topological polar surface area (TPSA) is 73.9 Å². The van der Waals surface area contributed by atoms with E-state index in [0.29, 0.717) is 30.0 Å². The average molecular weight is 447 g/mol. The van der Waals surface area contributed by atoms with Crippen LogP contribution in [-0.4, -0.2) is 26.9 Å². The van der Waals surface area contributed by atoms with Gasteiger partial charge in [0.05, 0.1) is 23.6 Å². The summed E-state index contributed by atoms with van der Waals surface area (Å²) < 4.78 is 11.1. The molecule has 2 heterocycles. The fourth-order valence-electron chi connectivity index (χ4n) is 3.33. The van der Waals surface area contributed by atoms with Gasteiger partial charge in [-0.3, -0.25) is 0 Å². The zero-order chi connectivity index (χ0) is 22.3. The third kappa shape index (κ3) is 5.53. The van der Waals surface area contributed by atoms with Gasteiger partial charge in [-0.05, 0) is 49.1 Å². The van der Waals surface area contributed by atoms with Gasteiger partial charge in [0.15, 0.2) is 0 Å². The van der Waals surface area contributed by atoms with Gasteiger partial charge in [-0.25, -0.2) is 0 Å². The van der Waals surface area contributed by atoms with Crippen molar-refractivity contribution in [2.45, 2.75) is 38.0 Å². The first-order valence-corrected chi connectivity index (χ1v) is 11.7. The van der Waals surface area contributed by atoms with E-state index in [4.69, 9.17) is 9.26 Å². The average Bonchev–Trinajstić information content (AvgIpc) is 3.28. The molecule has 7 heteroatoms. The van der Waals surface area contributed by atoms with Crippen molar-refractivity contribution in [2.75, 3.05) is 6.61 Å². The number of hydrogen-bond donors (Lipinski definition) is 0. The molecule has 0 saturated carbocycles. The minimum atomic E-state index is 0.516. The molecule has 32 heavy (non-hydrogen) atoms. The van der Waals surface area contributed by atoms with E-state index in [1.54, 1.807) is 0 Å². The van der Waals surface area contributed by atoms with Gasteiger partial charge in [0, 0.05) is 5.56 Å². The first-order valence-electron chi connectivity index (χ1n) is 10.7. The molecule has 2 aromatic carbocycles. The van der Waals surface area contributed by atoms with Crippen LogP contribution in [0, 0.1) is 5.92 Å². The lowest BCUT2D eigenvalue weighted by atomic mass is 10.0. The SMILES string of the molecule is CCOc1ccccc1-c1noc(CSc2ccc(-c3ccc(CC(C)C)cc3)nn2)n1. The van der Waals surface area contributed by atoms with E-state index in [0.717, 1.165) is 34.0 Å². The number of thioether (sulfide) groups is 1. The zero-order valence-electron chi connectivity index (χ0n) is 18.5. The van der Waals surface area contributed by atoms with Crippen molar-refractivity contribution in [3.05, 3.63) is 72.1 Å². The van der Waals surface area contributed by atoms with Crippen molar-refractivity contribution in [3.8, 4) is 28.4 Å². The second-order valence-electron chi connectivity index (χ2n) is 7.78. The summed E-state index contributed by atoms with van der Waals surface area (Å²) in [6.45, 7) is 6.98. The second kappa shape index (κ2) is 10.4. The van der Waals surface area contributed by atoms with Gasteiger partial charge in [0.25, 0.3) is 0 Å². The fourth-order valence-corrected chi connectivity index (χ4v) is 3.98. The van der Waals surface area contributed by atoms with Crippen LogP contribution in [0.5, 0.6) is 5.75 Å². The fraction of sp³-hybridized carbons (Fsp3) is 0.280. The molecule has 0 bridgehead atoms. The molecule has 6 nitrogen and oxygen atoms in total. The maximum absolute atomic E-state index is 5.66. The molecule has 0 aliphatic carbocycles. The highest BCUT2D eigenvalue weighted by Gasteiger charge is 2.14. The summed E-state index contributed by atoms with van der Waals surface area (Å²) in [6, 6.07) is 20.2. The standard InChI is InChI=1S/C25H26N4O2S/c1-4-30-22-8-6-5-7-20(22)25-26-23(31-29-25)16-32-24-14-13-21(27-28-24)19-11-9-18(10-12-19)15-17(2)3/h5-14,17H,4,15-16H2,1-3H3. The largest absolute Gasteiger partial charge is 0.493 e. The molecule has 164 valence electrons. The van der Waals surface area contributed by atoms with E-state index in [1.807, 2.05) is 43.3 Å². The Morgan fingerprint density at radius 2 is 1.78 bits per heavy atom. The maximum atomic E-state index is 5.66. The summed E-state index contributed by atoms with van der Waals surface area (Å²) in [5, 5.41) is 13.6. The normalized spacial score (nSPS) is 11.1. The smallest absolute Gasteiger partial charge is 0.237 e. The van der Waals surface area contributed by atoms with Crippen LogP contribution in [0.15, 0.2) is 70.2 Å². The monoisotopic (exact) mass is 446 g/mol. The third-order valence-corrected chi connectivity index (χ3v) is 5.68. The van der Waals surface area contributed by atoms with Crippen LogP contribution in [0.2, 0.25) is 0 Å². The zero-order valence-corrected chi connectivity index (χ0v) is 19.3. The van der Waals surface area contributed by atoms with Crippen LogP contribution < -0.4 is 4.74 Å². The Kier molecular flexibility index (Phi) is 7.17. The Hall–Kier alpha value is -3.19. The van der Waals surface area contributed by atoms with Gasteiger partial charge < -0.3 is 9.26 Å². The molecule has 0 fully saturated rings. The molecule has 2 aromatic heterocycles. The molecule has 0 unspecified atom stereocenters. The number of aromatic nitrogens is 4. The van der Waals surface area contributed by atoms with Crippen molar-refractivity contribution < 1.29 is 9.26 Å². The van der Waals surface area contributed by atoms with E-state index in [1.165, 1.54) is 17.3 Å². The van der Waals surface area contributed by atoms with Crippen molar-refractivity contribution in [3.63, 3.8) is 0 Å². The van der Waals surface area contributed by atoms with Crippen molar-refractivity contribution in [2.24, 2.45) is 5.92 Å². The van der Waals surface area contributed by atoms with E-state index in [-0.39, 0.29) is 0 Å². The molecule has 0 aliphatic heterocycles. The molecule has 0 atom stereocenters. The molecule has 0 saturated heterocycles. The molecular formula is C25H26N4O2S. The van der Waals surface area contributed by atoms with Crippen LogP contribution in [0.1, 0.15) is 32.2 Å². The highest BCUT2D eigenvalue weighted by Crippen LogP contribution is 2.29. The minimum Gasteiger partial charge on any atom is -0.493 e. The number of rotatable bonds is 9. The van der Waals surface area contributed by atoms with Gasteiger partial charge in [-0.1, -0.05) is 67.2 Å². The highest BCUT2D eigenvalue weighted by molar-refractivity contribution is 7.98. The lowest BCUT2D eigenvalue weighted by Crippen LogP contribution is -1.95. The molecule has 4 rings (SSSR count). The van der Waals surface area contributed by atoms with E-state index in [9.17, 15) is 0 Å². The number of para-hydroxylation sites is 1. The molecule has 4 aromatic rings. The summed E-state index contributed by atoms with van der Waals surface area (Å²) in [4.78, 5) is 4.51. The van der Waals surface area contributed by atoms with Crippen LogP contribution in [-0.2, 0) is 12.2 Å². The van der Waals surface area contributed by atoms with Gasteiger partial charge in [-0.2, -0.15) is 4.98 Å². The van der Waals surface area contributed by atoms with Crippen LogP contribution in [0.4, 0.5) is 0 Å². The Morgan fingerprint density at radius 3 is 2.50 bits per heavy atom. The van der Waals surface area contributed by atoms with Crippen molar-refractivity contribution in [1.82, 2.24) is 20.3 Å². The second-order valence-corrected chi connectivity index (χ2v) is 8.78. The molecule has 0 radical (unpaired) electrons. The predicted octanol–water partition coefficient (Wildman–Crippen LogP) is 6.08. The highest BCUT2D eigenvalue weighted by atomic mass is 32.2. The van der Waals surface area contributed by atoms with Crippen LogP contribution in [0.3, 0.4) is 0 Å².